The molecule has 0 saturated carbocycles. The van der Waals surface area contributed by atoms with Crippen LogP contribution in [-0.2, 0) is 6.42 Å². The van der Waals surface area contributed by atoms with Crippen molar-refractivity contribution in [2.75, 3.05) is 7.11 Å². The zero-order valence-corrected chi connectivity index (χ0v) is 9.99. The molecule has 0 aliphatic rings. The third kappa shape index (κ3) is 3.26. The van der Waals surface area contributed by atoms with Gasteiger partial charge in [-0.2, -0.15) is 0 Å². The third-order valence-electron chi connectivity index (χ3n) is 2.53. The molecule has 0 heterocycles. The molecule has 88 valence electrons. The Morgan fingerprint density at radius 1 is 1.44 bits per heavy atom. The molecule has 0 bridgehead atoms. The number of carbonyl (C=O) groups is 1. The lowest BCUT2D eigenvalue weighted by molar-refractivity contribution is 0.0695. The Labute approximate surface area is 96.1 Å². The van der Waals surface area contributed by atoms with Crippen molar-refractivity contribution in [3.05, 3.63) is 29.3 Å². The number of carboxylic acid groups (broad SMARTS) is 1. The van der Waals surface area contributed by atoms with E-state index < -0.39 is 5.97 Å². The molecule has 0 fully saturated rings. The molecule has 1 aromatic carbocycles. The van der Waals surface area contributed by atoms with Crippen LogP contribution in [0.2, 0.25) is 0 Å². The number of hydrogen-bond acceptors (Lipinski definition) is 2. The van der Waals surface area contributed by atoms with Gasteiger partial charge in [0.15, 0.2) is 0 Å². The van der Waals surface area contributed by atoms with Crippen molar-refractivity contribution < 1.29 is 14.6 Å². The van der Waals surface area contributed by atoms with Crippen LogP contribution in [0, 0.1) is 5.92 Å². The second-order valence-corrected chi connectivity index (χ2v) is 4.26. The van der Waals surface area contributed by atoms with Gasteiger partial charge in [0.05, 0.1) is 12.7 Å². The average molecular weight is 222 g/mol. The highest BCUT2D eigenvalue weighted by atomic mass is 16.5. The van der Waals surface area contributed by atoms with E-state index in [1.54, 1.807) is 19.2 Å². The highest BCUT2D eigenvalue weighted by molar-refractivity contribution is 5.89. The van der Waals surface area contributed by atoms with Crippen molar-refractivity contribution in [2.24, 2.45) is 5.92 Å². The summed E-state index contributed by atoms with van der Waals surface area (Å²) in [6, 6.07) is 5.10. The Kier molecular flexibility index (Phi) is 4.35. The molecule has 1 rings (SSSR count). The third-order valence-corrected chi connectivity index (χ3v) is 2.53. The van der Waals surface area contributed by atoms with Crippen molar-refractivity contribution in [1.82, 2.24) is 0 Å². The van der Waals surface area contributed by atoms with Gasteiger partial charge in [-0.15, -0.1) is 0 Å². The van der Waals surface area contributed by atoms with Crippen molar-refractivity contribution in [1.29, 1.82) is 0 Å². The van der Waals surface area contributed by atoms with Gasteiger partial charge in [0.25, 0.3) is 0 Å². The molecule has 0 radical (unpaired) electrons. The van der Waals surface area contributed by atoms with Gasteiger partial charge in [0.1, 0.15) is 5.75 Å². The number of aryl methyl sites for hydroxylation is 1. The van der Waals surface area contributed by atoms with Crippen LogP contribution in [0.3, 0.4) is 0 Å². The van der Waals surface area contributed by atoms with Crippen LogP contribution < -0.4 is 4.74 Å². The smallest absolute Gasteiger partial charge is 0.335 e. The van der Waals surface area contributed by atoms with E-state index in [1.807, 2.05) is 6.07 Å². The van der Waals surface area contributed by atoms with E-state index >= 15 is 0 Å². The van der Waals surface area contributed by atoms with E-state index in [0.29, 0.717) is 17.2 Å². The van der Waals surface area contributed by atoms with E-state index in [-0.39, 0.29) is 0 Å². The zero-order chi connectivity index (χ0) is 12.1. The quantitative estimate of drug-likeness (QED) is 0.833. The molecule has 0 saturated heterocycles. The summed E-state index contributed by atoms with van der Waals surface area (Å²) in [6.45, 7) is 4.25. The Balaban J connectivity index is 2.96. The van der Waals surface area contributed by atoms with Gasteiger partial charge in [-0.25, -0.2) is 4.79 Å². The van der Waals surface area contributed by atoms with E-state index in [9.17, 15) is 4.79 Å². The molecule has 0 aromatic heterocycles. The molecule has 1 aromatic rings. The van der Waals surface area contributed by atoms with Gasteiger partial charge in [0.2, 0.25) is 0 Å². The van der Waals surface area contributed by atoms with E-state index in [4.69, 9.17) is 9.84 Å². The molecule has 3 nitrogen and oxygen atoms in total. The minimum absolute atomic E-state index is 0.376. The molecule has 0 atom stereocenters. The first kappa shape index (κ1) is 12.6. The van der Waals surface area contributed by atoms with Crippen LogP contribution in [-0.4, -0.2) is 18.2 Å². The number of methoxy groups -OCH3 is 1. The Morgan fingerprint density at radius 2 is 2.12 bits per heavy atom. The number of carboxylic acids is 1. The summed E-state index contributed by atoms with van der Waals surface area (Å²) in [7, 11) is 1.59. The van der Waals surface area contributed by atoms with E-state index in [0.717, 1.165) is 18.4 Å². The lowest BCUT2D eigenvalue weighted by atomic mass is 9.98. The summed E-state index contributed by atoms with van der Waals surface area (Å²) in [4.78, 5) is 11.0. The van der Waals surface area contributed by atoms with Gasteiger partial charge in [-0.05, 0) is 42.5 Å². The molecule has 1 N–H and O–H groups in total. The number of ether oxygens (including phenoxy) is 1. The first-order valence-electron chi connectivity index (χ1n) is 5.44. The van der Waals surface area contributed by atoms with Crippen LogP contribution >= 0.6 is 0 Å². The Bertz CT molecular complexity index is 369. The maximum Gasteiger partial charge on any atom is 0.335 e. The fraction of sp³-hybridized carbons (Fsp3) is 0.462. The maximum atomic E-state index is 11.0. The van der Waals surface area contributed by atoms with E-state index in [1.165, 1.54) is 0 Å². The maximum absolute atomic E-state index is 11.0. The molecule has 3 heteroatoms. The molecule has 0 unspecified atom stereocenters. The Morgan fingerprint density at radius 3 is 2.62 bits per heavy atom. The molecule has 0 aliphatic carbocycles. The first-order chi connectivity index (χ1) is 7.54. The van der Waals surface area contributed by atoms with Crippen molar-refractivity contribution in [3.63, 3.8) is 0 Å². The largest absolute Gasteiger partial charge is 0.497 e. The summed E-state index contributed by atoms with van der Waals surface area (Å²) < 4.78 is 5.10. The van der Waals surface area contributed by atoms with Gasteiger partial charge in [-0.3, -0.25) is 0 Å². The van der Waals surface area contributed by atoms with E-state index in [2.05, 4.69) is 13.8 Å². The summed E-state index contributed by atoms with van der Waals surface area (Å²) in [5, 5.41) is 9.05. The lowest BCUT2D eigenvalue weighted by Gasteiger charge is -2.10. The topological polar surface area (TPSA) is 46.5 Å². The number of benzene rings is 1. The first-order valence-corrected chi connectivity index (χ1v) is 5.44. The summed E-state index contributed by atoms with van der Waals surface area (Å²) in [5.74, 6) is 0.401. The molecule has 0 amide bonds. The highest BCUT2D eigenvalue weighted by Gasteiger charge is 2.11. The Hall–Kier alpha value is -1.51. The molecular weight excluding hydrogens is 204 g/mol. The lowest BCUT2D eigenvalue weighted by Crippen LogP contribution is -2.04. The predicted molar refractivity (Wildman–Crippen MR) is 63.1 cm³/mol. The van der Waals surface area contributed by atoms with Crippen LogP contribution in [0.25, 0.3) is 0 Å². The van der Waals surface area contributed by atoms with Crippen molar-refractivity contribution >= 4 is 5.97 Å². The molecular formula is C13H18O3. The van der Waals surface area contributed by atoms with Gasteiger partial charge in [-0.1, -0.05) is 13.8 Å². The predicted octanol–water partition coefficient (Wildman–Crippen LogP) is 2.98. The standard InChI is InChI=1S/C13H18O3/c1-9(2)4-5-10-8-11(16-3)6-7-12(10)13(14)15/h6-9H,4-5H2,1-3H3,(H,14,15). The summed E-state index contributed by atoms with van der Waals surface area (Å²) in [6.07, 6.45) is 1.75. The number of hydrogen-bond donors (Lipinski definition) is 1. The second kappa shape index (κ2) is 5.54. The minimum Gasteiger partial charge on any atom is -0.497 e. The molecule has 16 heavy (non-hydrogen) atoms. The van der Waals surface area contributed by atoms with Crippen LogP contribution in [0.15, 0.2) is 18.2 Å². The normalized spacial score (nSPS) is 10.5. The molecule has 0 spiro atoms. The SMILES string of the molecule is COc1ccc(C(=O)O)c(CCC(C)C)c1. The van der Waals surface area contributed by atoms with Crippen LogP contribution in [0.4, 0.5) is 0 Å². The van der Waals surface area contributed by atoms with Gasteiger partial charge < -0.3 is 9.84 Å². The fourth-order valence-electron chi connectivity index (χ4n) is 1.56. The van der Waals surface area contributed by atoms with Gasteiger partial charge in [0, 0.05) is 0 Å². The van der Waals surface area contributed by atoms with Crippen molar-refractivity contribution in [2.45, 2.75) is 26.7 Å². The van der Waals surface area contributed by atoms with Crippen molar-refractivity contribution in [3.8, 4) is 5.75 Å². The highest BCUT2D eigenvalue weighted by Crippen LogP contribution is 2.20. The number of aromatic carboxylic acids is 1. The van der Waals surface area contributed by atoms with Crippen LogP contribution in [0.1, 0.15) is 36.2 Å². The zero-order valence-electron chi connectivity index (χ0n) is 9.99. The summed E-state index contributed by atoms with van der Waals surface area (Å²) in [5.41, 5.74) is 1.22. The minimum atomic E-state index is -0.874. The average Bonchev–Trinajstić information content (AvgIpc) is 2.25. The van der Waals surface area contributed by atoms with Gasteiger partial charge >= 0.3 is 5.97 Å². The monoisotopic (exact) mass is 222 g/mol. The molecule has 0 aliphatic heterocycles. The number of rotatable bonds is 5. The van der Waals surface area contributed by atoms with Crippen LogP contribution in [0.5, 0.6) is 5.75 Å². The second-order valence-electron chi connectivity index (χ2n) is 4.26. The fourth-order valence-corrected chi connectivity index (χ4v) is 1.56. The summed E-state index contributed by atoms with van der Waals surface area (Å²) >= 11 is 0.